The molecule has 0 aliphatic heterocycles. The van der Waals surface area contributed by atoms with E-state index in [1.54, 1.807) is 18.2 Å². The Balaban J connectivity index is 1.62. The second kappa shape index (κ2) is 8.18. The number of ether oxygens (including phenoxy) is 1. The topological polar surface area (TPSA) is 81.2 Å². The van der Waals surface area contributed by atoms with Crippen LogP contribution in [0.15, 0.2) is 88.5 Å². The van der Waals surface area contributed by atoms with Crippen LogP contribution in [0.1, 0.15) is 5.56 Å². The van der Waals surface area contributed by atoms with Gasteiger partial charge in [0.1, 0.15) is 11.2 Å². The fourth-order valence-electron chi connectivity index (χ4n) is 2.77. The molecule has 3 aromatic carbocycles. The molecule has 0 bridgehead atoms. The molecule has 0 saturated heterocycles. The van der Waals surface area contributed by atoms with E-state index < -0.39 is 10.0 Å². The Morgan fingerprint density at radius 3 is 2.45 bits per heavy atom. The lowest BCUT2D eigenvalue weighted by Gasteiger charge is -2.12. The molecule has 0 spiro atoms. The third kappa shape index (κ3) is 4.55. The minimum atomic E-state index is -3.87. The van der Waals surface area contributed by atoms with Gasteiger partial charge in [-0.25, -0.2) is 18.4 Å². The molecule has 29 heavy (non-hydrogen) atoms. The van der Waals surface area contributed by atoms with E-state index in [-0.39, 0.29) is 23.2 Å². The molecule has 6 nitrogen and oxygen atoms in total. The number of halogens is 1. The molecule has 0 radical (unpaired) electrons. The lowest BCUT2D eigenvalue weighted by atomic mass is 10.1. The zero-order valence-corrected chi connectivity index (χ0v) is 17.5. The molecule has 1 heterocycles. The van der Waals surface area contributed by atoms with Crippen LogP contribution in [-0.4, -0.2) is 18.4 Å². The largest absolute Gasteiger partial charge is 0.470 e. The van der Waals surface area contributed by atoms with Crippen molar-refractivity contribution >= 4 is 42.5 Å². The van der Waals surface area contributed by atoms with Gasteiger partial charge in [0.25, 0.3) is 15.9 Å². The Labute approximate surface area is 176 Å². The maximum Gasteiger partial charge on any atom is 0.263 e. The number of hydrogen-bond acceptors (Lipinski definition) is 5. The monoisotopic (exact) mass is 469 g/mol. The first-order valence-electron chi connectivity index (χ1n) is 8.72. The van der Waals surface area contributed by atoms with E-state index in [4.69, 9.17) is 4.74 Å². The van der Waals surface area contributed by atoms with Crippen LogP contribution in [0.25, 0.3) is 10.8 Å². The third-order valence-electron chi connectivity index (χ3n) is 4.19. The van der Waals surface area contributed by atoms with Crippen molar-refractivity contribution in [2.45, 2.75) is 11.5 Å². The third-order valence-corrected chi connectivity index (χ3v) is 5.91. The second-order valence-electron chi connectivity index (χ2n) is 6.24. The molecule has 4 rings (SSSR count). The van der Waals surface area contributed by atoms with Gasteiger partial charge < -0.3 is 4.74 Å². The van der Waals surface area contributed by atoms with Crippen LogP contribution in [0.2, 0.25) is 0 Å². The molecule has 8 heteroatoms. The maximum atomic E-state index is 12.9. The second-order valence-corrected chi connectivity index (χ2v) is 8.73. The molecule has 4 aromatic rings. The van der Waals surface area contributed by atoms with Crippen LogP contribution in [-0.2, 0) is 16.6 Å². The maximum absolute atomic E-state index is 12.9. The van der Waals surface area contributed by atoms with Crippen LogP contribution in [0.4, 0.5) is 5.82 Å². The summed E-state index contributed by atoms with van der Waals surface area (Å²) in [5.74, 6) is 0.116. The number of rotatable bonds is 6. The first-order chi connectivity index (χ1) is 14.0. The van der Waals surface area contributed by atoms with E-state index in [9.17, 15) is 8.42 Å². The minimum absolute atomic E-state index is 0.0253. The molecule has 0 amide bonds. The Kier molecular flexibility index (Phi) is 5.46. The number of sulfonamides is 1. The quantitative estimate of drug-likeness (QED) is 0.439. The first kappa shape index (κ1) is 19.4. The van der Waals surface area contributed by atoms with E-state index >= 15 is 0 Å². The van der Waals surface area contributed by atoms with E-state index in [2.05, 4.69) is 30.6 Å². The molecule has 0 fully saturated rings. The fraction of sp³-hybridized carbons (Fsp3) is 0.0476. The highest BCUT2D eigenvalue weighted by Gasteiger charge is 2.19. The number of nitrogens with zero attached hydrogens (tertiary/aromatic N) is 2. The normalized spacial score (nSPS) is 11.3. The molecule has 0 aliphatic carbocycles. The van der Waals surface area contributed by atoms with Crippen molar-refractivity contribution in [2.24, 2.45) is 0 Å². The van der Waals surface area contributed by atoms with Gasteiger partial charge in [0.05, 0.1) is 11.1 Å². The predicted molar refractivity (Wildman–Crippen MR) is 115 cm³/mol. The summed E-state index contributed by atoms with van der Waals surface area (Å²) in [6.45, 7) is 0.233. The fourth-order valence-corrected chi connectivity index (χ4v) is 4.07. The zero-order chi connectivity index (χ0) is 20.3. The van der Waals surface area contributed by atoms with Crippen LogP contribution >= 0.6 is 15.9 Å². The average Bonchev–Trinajstić information content (AvgIpc) is 2.74. The van der Waals surface area contributed by atoms with Gasteiger partial charge in [-0.3, -0.25) is 4.72 Å². The minimum Gasteiger partial charge on any atom is -0.470 e. The summed E-state index contributed by atoms with van der Waals surface area (Å²) in [7, 11) is -3.87. The number of benzene rings is 3. The molecule has 0 atom stereocenters. The smallest absolute Gasteiger partial charge is 0.263 e. The van der Waals surface area contributed by atoms with E-state index in [1.807, 2.05) is 54.6 Å². The summed E-state index contributed by atoms with van der Waals surface area (Å²) in [6, 6.07) is 22.0. The SMILES string of the molecule is O=S(=O)(Nc1ncc(Br)nc1OCc1ccccc1)c1ccc2ccccc2c1. The van der Waals surface area contributed by atoms with Crippen LogP contribution in [0.5, 0.6) is 5.88 Å². The van der Waals surface area contributed by atoms with Gasteiger partial charge in [0, 0.05) is 0 Å². The van der Waals surface area contributed by atoms with E-state index in [0.717, 1.165) is 16.3 Å². The van der Waals surface area contributed by atoms with Crippen molar-refractivity contribution in [3.8, 4) is 5.88 Å². The molecular formula is C21H16BrN3O3S. The Hall–Kier alpha value is -2.97. The average molecular weight is 470 g/mol. The Morgan fingerprint density at radius 1 is 0.931 bits per heavy atom. The molecule has 1 N–H and O–H groups in total. The zero-order valence-electron chi connectivity index (χ0n) is 15.1. The highest BCUT2D eigenvalue weighted by atomic mass is 79.9. The van der Waals surface area contributed by atoms with Gasteiger partial charge in [-0.1, -0.05) is 60.7 Å². The van der Waals surface area contributed by atoms with E-state index in [0.29, 0.717) is 4.60 Å². The first-order valence-corrected chi connectivity index (χ1v) is 11.0. The van der Waals surface area contributed by atoms with Gasteiger partial charge >= 0.3 is 0 Å². The number of nitrogens with one attached hydrogen (secondary N) is 1. The van der Waals surface area contributed by atoms with Crippen molar-refractivity contribution < 1.29 is 13.2 Å². The Bertz CT molecular complexity index is 1260. The number of anilines is 1. The lowest BCUT2D eigenvalue weighted by molar-refractivity contribution is 0.294. The van der Waals surface area contributed by atoms with Crippen molar-refractivity contribution in [2.75, 3.05) is 4.72 Å². The molecular weight excluding hydrogens is 454 g/mol. The van der Waals surface area contributed by atoms with Crippen LogP contribution in [0.3, 0.4) is 0 Å². The summed E-state index contributed by atoms with van der Waals surface area (Å²) in [4.78, 5) is 8.49. The summed E-state index contributed by atoms with van der Waals surface area (Å²) >= 11 is 3.24. The van der Waals surface area contributed by atoms with Gasteiger partial charge in [-0.15, -0.1) is 0 Å². The lowest BCUT2D eigenvalue weighted by Crippen LogP contribution is -2.15. The van der Waals surface area contributed by atoms with Crippen molar-refractivity contribution in [1.82, 2.24) is 9.97 Å². The van der Waals surface area contributed by atoms with Crippen molar-refractivity contribution in [1.29, 1.82) is 0 Å². The molecule has 0 aliphatic rings. The van der Waals surface area contributed by atoms with Gasteiger partial charge in [-0.2, -0.15) is 0 Å². The highest BCUT2D eigenvalue weighted by molar-refractivity contribution is 9.10. The molecule has 1 aromatic heterocycles. The highest BCUT2D eigenvalue weighted by Crippen LogP contribution is 2.26. The van der Waals surface area contributed by atoms with Gasteiger partial charge in [-0.05, 0) is 44.4 Å². The van der Waals surface area contributed by atoms with Gasteiger partial charge in [0.15, 0.2) is 0 Å². The molecule has 0 unspecified atom stereocenters. The Morgan fingerprint density at radius 2 is 1.66 bits per heavy atom. The standard InChI is InChI=1S/C21H16BrN3O3S/c22-19-13-23-20(21(24-19)28-14-15-6-2-1-3-7-15)25-29(26,27)18-11-10-16-8-4-5-9-17(16)12-18/h1-13H,14H2,(H,23,25). The summed E-state index contributed by atoms with van der Waals surface area (Å²) in [5, 5.41) is 1.79. The summed E-state index contributed by atoms with van der Waals surface area (Å²) in [5.41, 5.74) is 0.928. The van der Waals surface area contributed by atoms with Gasteiger partial charge in [0.2, 0.25) is 5.82 Å². The predicted octanol–water partition coefficient (Wildman–Crippen LogP) is 4.77. The van der Waals surface area contributed by atoms with Crippen LogP contribution in [0, 0.1) is 0 Å². The molecule has 0 saturated carbocycles. The summed E-state index contributed by atoms with van der Waals surface area (Å²) in [6.07, 6.45) is 1.41. The van der Waals surface area contributed by atoms with Crippen LogP contribution < -0.4 is 9.46 Å². The van der Waals surface area contributed by atoms with Crippen molar-refractivity contribution in [3.63, 3.8) is 0 Å². The number of fused-ring (bicyclic) bond motifs is 1. The number of aromatic nitrogens is 2. The number of hydrogen-bond donors (Lipinski definition) is 1. The summed E-state index contributed by atoms with van der Waals surface area (Å²) < 4.78 is 34.5. The van der Waals surface area contributed by atoms with Crippen molar-refractivity contribution in [3.05, 3.63) is 89.2 Å². The molecule has 146 valence electrons. The van der Waals surface area contributed by atoms with E-state index in [1.165, 1.54) is 6.20 Å².